The summed E-state index contributed by atoms with van der Waals surface area (Å²) in [4.78, 5) is 13.1. The maximum Gasteiger partial charge on any atom is 0.225 e. The molecule has 28 heavy (non-hydrogen) atoms. The lowest BCUT2D eigenvalue weighted by atomic mass is 10.0. The molecule has 0 spiro atoms. The van der Waals surface area contributed by atoms with Crippen molar-refractivity contribution >= 4 is 44.7 Å². The summed E-state index contributed by atoms with van der Waals surface area (Å²) in [7, 11) is 1.95. The number of fused-ring (bicyclic) bond motifs is 1. The van der Waals surface area contributed by atoms with E-state index in [2.05, 4.69) is 48.1 Å². The summed E-state index contributed by atoms with van der Waals surface area (Å²) < 4.78 is 0. The molecule has 6 heteroatoms. The minimum absolute atomic E-state index is 0.224. The Bertz CT molecular complexity index is 1140. The van der Waals surface area contributed by atoms with Gasteiger partial charge in [-0.3, -0.25) is 0 Å². The number of aromatic nitrogens is 2. The molecule has 2 aromatic carbocycles. The first-order valence-corrected chi connectivity index (χ1v) is 10.3. The number of thiophene rings is 1. The Balaban J connectivity index is 1.94. The smallest absolute Gasteiger partial charge is 0.225 e. The molecule has 2 aromatic heterocycles. The highest BCUT2D eigenvalue weighted by Gasteiger charge is 2.21. The zero-order valence-electron chi connectivity index (χ0n) is 15.9. The van der Waals surface area contributed by atoms with E-state index in [4.69, 9.17) is 11.6 Å². The Hall–Kier alpha value is -2.63. The van der Waals surface area contributed by atoms with Crippen molar-refractivity contribution in [2.75, 3.05) is 11.9 Å². The van der Waals surface area contributed by atoms with Crippen molar-refractivity contribution in [2.24, 2.45) is 0 Å². The highest BCUT2D eigenvalue weighted by molar-refractivity contribution is 7.19. The minimum Gasteiger partial charge on any atom is -0.508 e. The summed E-state index contributed by atoms with van der Waals surface area (Å²) in [6.07, 6.45) is 1.01. The molecule has 0 aliphatic carbocycles. The lowest BCUT2D eigenvalue weighted by Gasteiger charge is -2.20. The third-order valence-electron chi connectivity index (χ3n) is 4.89. The van der Waals surface area contributed by atoms with Gasteiger partial charge in [0.1, 0.15) is 16.4 Å². The fourth-order valence-corrected chi connectivity index (χ4v) is 4.62. The number of phenols is 1. The number of hydrogen-bond donors (Lipinski definition) is 1. The highest BCUT2D eigenvalue weighted by atomic mass is 35.5. The molecule has 4 rings (SSSR count). The first-order valence-electron chi connectivity index (χ1n) is 9.06. The third-order valence-corrected chi connectivity index (χ3v) is 6.05. The Labute approximate surface area is 173 Å². The van der Waals surface area contributed by atoms with Crippen LogP contribution in [0.15, 0.2) is 48.5 Å². The SMILES string of the molecule is CCc1ccc(-c2c(C)sc3nc(Cl)nc(N(C)c4ccc(O)cc4)c23)cc1. The zero-order valence-corrected chi connectivity index (χ0v) is 17.5. The van der Waals surface area contributed by atoms with Crippen molar-refractivity contribution in [1.29, 1.82) is 0 Å². The quantitative estimate of drug-likeness (QED) is 0.398. The van der Waals surface area contributed by atoms with E-state index in [0.717, 1.165) is 39.3 Å². The summed E-state index contributed by atoms with van der Waals surface area (Å²) in [5.74, 6) is 0.978. The van der Waals surface area contributed by atoms with Crippen LogP contribution in [-0.4, -0.2) is 22.1 Å². The van der Waals surface area contributed by atoms with Gasteiger partial charge in [-0.15, -0.1) is 11.3 Å². The average molecular weight is 410 g/mol. The van der Waals surface area contributed by atoms with Crippen LogP contribution < -0.4 is 4.90 Å². The van der Waals surface area contributed by atoms with Gasteiger partial charge in [0.15, 0.2) is 0 Å². The van der Waals surface area contributed by atoms with Gasteiger partial charge in [-0.1, -0.05) is 31.2 Å². The molecule has 0 radical (unpaired) electrons. The van der Waals surface area contributed by atoms with Crippen molar-refractivity contribution in [3.63, 3.8) is 0 Å². The molecule has 0 atom stereocenters. The number of aryl methyl sites for hydroxylation is 2. The standard InChI is InChI=1S/C22H20ClN3OS/c1-4-14-5-7-15(8-6-14)18-13(2)28-21-19(18)20(24-22(23)25-21)26(3)16-9-11-17(27)12-10-16/h5-12,27H,4H2,1-3H3. The average Bonchev–Trinajstić information content (AvgIpc) is 3.03. The van der Waals surface area contributed by atoms with Gasteiger partial charge >= 0.3 is 0 Å². The number of benzene rings is 2. The second-order valence-corrected chi connectivity index (χ2v) is 8.20. The van der Waals surface area contributed by atoms with Crippen LogP contribution in [0.1, 0.15) is 17.4 Å². The first kappa shape index (κ1) is 18.7. The number of nitrogens with zero attached hydrogens (tertiary/aromatic N) is 3. The maximum absolute atomic E-state index is 9.60. The van der Waals surface area contributed by atoms with E-state index in [1.807, 2.05) is 24.1 Å². The molecular formula is C22H20ClN3OS. The lowest BCUT2D eigenvalue weighted by molar-refractivity contribution is 0.475. The number of anilines is 2. The van der Waals surface area contributed by atoms with Crippen molar-refractivity contribution in [3.8, 4) is 16.9 Å². The van der Waals surface area contributed by atoms with E-state index < -0.39 is 0 Å². The molecule has 0 amide bonds. The highest BCUT2D eigenvalue weighted by Crippen LogP contribution is 2.43. The fraction of sp³-hybridized carbons (Fsp3) is 0.182. The number of phenolic OH excluding ortho intramolecular Hbond substituents is 1. The molecule has 1 N–H and O–H groups in total. The Morgan fingerprint density at radius 3 is 2.36 bits per heavy atom. The van der Waals surface area contributed by atoms with E-state index in [0.29, 0.717) is 0 Å². The fourth-order valence-electron chi connectivity index (χ4n) is 3.36. The van der Waals surface area contributed by atoms with Crippen molar-refractivity contribution < 1.29 is 5.11 Å². The van der Waals surface area contributed by atoms with Crippen LogP contribution in [0.25, 0.3) is 21.3 Å². The maximum atomic E-state index is 9.60. The largest absolute Gasteiger partial charge is 0.508 e. The molecule has 4 aromatic rings. The van der Waals surface area contributed by atoms with Crippen LogP contribution in [0.3, 0.4) is 0 Å². The van der Waals surface area contributed by atoms with E-state index in [1.54, 1.807) is 23.5 Å². The van der Waals surface area contributed by atoms with Crippen molar-refractivity contribution in [1.82, 2.24) is 9.97 Å². The topological polar surface area (TPSA) is 49.2 Å². The minimum atomic E-state index is 0.224. The summed E-state index contributed by atoms with van der Waals surface area (Å²) in [6.45, 7) is 4.26. The zero-order chi connectivity index (χ0) is 19.8. The van der Waals surface area contributed by atoms with Crippen molar-refractivity contribution in [2.45, 2.75) is 20.3 Å². The molecule has 2 heterocycles. The normalized spacial score (nSPS) is 11.1. The van der Waals surface area contributed by atoms with Gasteiger partial charge in [0.25, 0.3) is 0 Å². The molecule has 0 saturated carbocycles. The van der Waals surface area contributed by atoms with Gasteiger partial charge in [0.05, 0.1) is 5.39 Å². The monoisotopic (exact) mass is 409 g/mol. The number of rotatable bonds is 4. The predicted octanol–water partition coefficient (Wildman–Crippen LogP) is 6.36. The van der Waals surface area contributed by atoms with E-state index in [1.165, 1.54) is 10.4 Å². The first-order chi connectivity index (χ1) is 13.5. The van der Waals surface area contributed by atoms with Crippen LogP contribution in [-0.2, 0) is 6.42 Å². The molecule has 0 aliphatic heterocycles. The van der Waals surface area contributed by atoms with Gasteiger partial charge < -0.3 is 10.0 Å². The molecule has 4 nitrogen and oxygen atoms in total. The molecular weight excluding hydrogens is 390 g/mol. The van der Waals surface area contributed by atoms with Crippen LogP contribution >= 0.6 is 22.9 Å². The van der Waals surface area contributed by atoms with Gasteiger partial charge in [0, 0.05) is 23.2 Å². The molecule has 0 bridgehead atoms. The van der Waals surface area contributed by atoms with Crippen LogP contribution in [0.5, 0.6) is 5.75 Å². The van der Waals surface area contributed by atoms with E-state index in [-0.39, 0.29) is 11.0 Å². The summed E-state index contributed by atoms with van der Waals surface area (Å²) in [5, 5.41) is 10.8. The lowest BCUT2D eigenvalue weighted by Crippen LogP contribution is -2.12. The second kappa shape index (κ2) is 7.41. The van der Waals surface area contributed by atoms with Crippen molar-refractivity contribution in [3.05, 3.63) is 64.3 Å². The van der Waals surface area contributed by atoms with Crippen LogP contribution in [0.2, 0.25) is 5.28 Å². The van der Waals surface area contributed by atoms with Gasteiger partial charge in [0.2, 0.25) is 5.28 Å². The van der Waals surface area contributed by atoms with Crippen LogP contribution in [0.4, 0.5) is 11.5 Å². The molecule has 0 unspecified atom stereocenters. The van der Waals surface area contributed by atoms with Gasteiger partial charge in [-0.2, -0.15) is 4.98 Å². The molecule has 0 fully saturated rings. The van der Waals surface area contributed by atoms with Gasteiger partial charge in [-0.25, -0.2) is 4.98 Å². The van der Waals surface area contributed by atoms with E-state index >= 15 is 0 Å². The number of halogens is 1. The Morgan fingerprint density at radius 1 is 1.04 bits per heavy atom. The Kier molecular flexibility index (Phi) is 4.96. The number of aromatic hydroxyl groups is 1. The predicted molar refractivity (Wildman–Crippen MR) is 118 cm³/mol. The van der Waals surface area contributed by atoms with E-state index in [9.17, 15) is 5.11 Å². The Morgan fingerprint density at radius 2 is 1.71 bits per heavy atom. The van der Waals surface area contributed by atoms with Gasteiger partial charge in [-0.05, 0) is 60.3 Å². The molecule has 0 saturated heterocycles. The molecule has 142 valence electrons. The summed E-state index contributed by atoms with van der Waals surface area (Å²) in [5.41, 5.74) is 4.50. The third kappa shape index (κ3) is 3.32. The van der Waals surface area contributed by atoms with Crippen LogP contribution in [0, 0.1) is 6.92 Å². The summed E-state index contributed by atoms with van der Waals surface area (Å²) in [6, 6.07) is 15.7. The number of hydrogen-bond acceptors (Lipinski definition) is 5. The second-order valence-electron chi connectivity index (χ2n) is 6.66. The molecule has 0 aliphatic rings. The summed E-state index contributed by atoms with van der Waals surface area (Å²) >= 11 is 7.87.